The maximum atomic E-state index is 11.6. The second kappa shape index (κ2) is 4.78. The second-order valence-electron chi connectivity index (χ2n) is 2.48. The summed E-state index contributed by atoms with van der Waals surface area (Å²) in [6, 6.07) is 8.17. The standard InChI is InChI=1S/C9H10O4S/c10-8-13-6-7-14(11,12)9-4-2-1-3-5-9/h1-5,7-8H,6H2,(H,11,12). The van der Waals surface area contributed by atoms with Crippen molar-refractivity contribution < 1.29 is 18.3 Å². The first kappa shape index (κ1) is 10.7. The molecule has 5 heteroatoms. The quantitative estimate of drug-likeness (QED) is 0.457. The predicted molar refractivity (Wildman–Crippen MR) is 53.6 cm³/mol. The van der Waals surface area contributed by atoms with Crippen molar-refractivity contribution in [2.75, 3.05) is 6.61 Å². The van der Waals surface area contributed by atoms with Gasteiger partial charge in [-0.25, -0.2) is 4.21 Å². The molecule has 0 aromatic heterocycles. The van der Waals surface area contributed by atoms with Gasteiger partial charge in [-0.05, 0) is 12.1 Å². The van der Waals surface area contributed by atoms with Crippen molar-refractivity contribution >= 4 is 21.6 Å². The minimum absolute atomic E-state index is 0.173. The normalized spacial score (nSPS) is 14.1. The van der Waals surface area contributed by atoms with E-state index in [4.69, 9.17) is 0 Å². The van der Waals surface area contributed by atoms with E-state index in [1.807, 2.05) is 0 Å². The zero-order valence-electron chi connectivity index (χ0n) is 7.33. The van der Waals surface area contributed by atoms with Crippen LogP contribution in [0, 0.1) is 0 Å². The number of carbonyl (C=O) groups excluding carboxylic acids is 1. The van der Waals surface area contributed by atoms with Gasteiger partial charge in [-0.2, -0.15) is 0 Å². The summed E-state index contributed by atoms with van der Waals surface area (Å²) in [5.74, 6) is 0. The van der Waals surface area contributed by atoms with Crippen molar-refractivity contribution in [3.05, 3.63) is 30.3 Å². The van der Waals surface area contributed by atoms with Crippen LogP contribution < -0.4 is 0 Å². The number of hydrogen-bond acceptors (Lipinski definition) is 3. The van der Waals surface area contributed by atoms with Crippen LogP contribution in [0.1, 0.15) is 0 Å². The molecule has 0 radical (unpaired) electrons. The molecule has 1 aromatic rings. The van der Waals surface area contributed by atoms with Gasteiger partial charge in [-0.15, -0.1) is 0 Å². The van der Waals surface area contributed by atoms with Gasteiger partial charge in [-0.3, -0.25) is 4.79 Å². The SMILES string of the molecule is O=COCC=S(=O)(O)c1ccccc1. The predicted octanol–water partition coefficient (Wildman–Crippen LogP) is 0.778. The van der Waals surface area contributed by atoms with Crippen LogP contribution in [0.2, 0.25) is 0 Å². The Bertz CT molecular complexity index is 404. The molecule has 4 nitrogen and oxygen atoms in total. The van der Waals surface area contributed by atoms with Crippen molar-refractivity contribution in [2.24, 2.45) is 0 Å². The number of ether oxygens (including phenoxy) is 1. The van der Waals surface area contributed by atoms with Crippen molar-refractivity contribution in [2.45, 2.75) is 4.90 Å². The van der Waals surface area contributed by atoms with E-state index in [2.05, 4.69) is 4.74 Å². The summed E-state index contributed by atoms with van der Waals surface area (Å²) in [6.45, 7) is 0.0603. The van der Waals surface area contributed by atoms with Gasteiger partial charge in [0.15, 0.2) is 0 Å². The lowest BCUT2D eigenvalue weighted by Gasteiger charge is -2.02. The van der Waals surface area contributed by atoms with Gasteiger partial charge in [0.25, 0.3) is 6.47 Å². The number of benzene rings is 1. The molecule has 0 aliphatic rings. The Hall–Kier alpha value is -1.33. The zero-order valence-corrected chi connectivity index (χ0v) is 8.15. The summed E-state index contributed by atoms with van der Waals surface area (Å²) >= 11 is 0. The summed E-state index contributed by atoms with van der Waals surface area (Å²) in [7, 11) is -3.19. The summed E-state index contributed by atoms with van der Waals surface area (Å²) < 4.78 is 25.4. The Morgan fingerprint density at radius 2 is 2.00 bits per heavy atom. The summed E-state index contributed by atoms with van der Waals surface area (Å²) in [5.41, 5.74) is 0. The van der Waals surface area contributed by atoms with E-state index in [-0.39, 0.29) is 13.1 Å². The van der Waals surface area contributed by atoms with Crippen LogP contribution in [0.25, 0.3) is 0 Å². The Morgan fingerprint density at radius 1 is 1.36 bits per heavy atom. The molecule has 1 aromatic carbocycles. The maximum Gasteiger partial charge on any atom is 0.293 e. The van der Waals surface area contributed by atoms with Crippen LogP contribution >= 0.6 is 0 Å². The van der Waals surface area contributed by atoms with Gasteiger partial charge in [0.05, 0.1) is 4.90 Å². The largest absolute Gasteiger partial charge is 0.463 e. The summed E-state index contributed by atoms with van der Waals surface area (Å²) in [5, 5.41) is 1.07. The molecule has 1 unspecified atom stereocenters. The first-order valence-electron chi connectivity index (χ1n) is 3.87. The highest BCUT2D eigenvalue weighted by atomic mass is 32.2. The molecule has 1 atom stereocenters. The fourth-order valence-corrected chi connectivity index (χ4v) is 1.89. The van der Waals surface area contributed by atoms with E-state index in [1.165, 1.54) is 0 Å². The third kappa shape index (κ3) is 2.86. The van der Waals surface area contributed by atoms with E-state index in [1.54, 1.807) is 30.3 Å². The van der Waals surface area contributed by atoms with Gasteiger partial charge >= 0.3 is 0 Å². The van der Waals surface area contributed by atoms with E-state index in [9.17, 15) is 13.6 Å². The molecular weight excluding hydrogens is 204 g/mol. The number of hydrogen-bond donors (Lipinski definition) is 1. The van der Waals surface area contributed by atoms with Crippen molar-refractivity contribution in [1.29, 1.82) is 0 Å². The van der Waals surface area contributed by atoms with Gasteiger partial charge in [0.2, 0.25) is 0 Å². The summed E-state index contributed by atoms with van der Waals surface area (Å²) in [4.78, 5) is 10.1. The van der Waals surface area contributed by atoms with Gasteiger partial charge in [0, 0.05) is 5.37 Å². The molecule has 0 bridgehead atoms. The summed E-state index contributed by atoms with van der Waals surface area (Å²) in [6.07, 6.45) is 0. The van der Waals surface area contributed by atoms with Crippen LogP contribution in [0.4, 0.5) is 0 Å². The first-order valence-corrected chi connectivity index (χ1v) is 5.45. The molecule has 0 fully saturated rings. The lowest BCUT2D eigenvalue weighted by molar-refractivity contribution is -0.127. The van der Waals surface area contributed by atoms with Crippen LogP contribution in [0.15, 0.2) is 35.2 Å². The highest BCUT2D eigenvalue weighted by molar-refractivity contribution is 7.96. The molecule has 0 amide bonds. The van der Waals surface area contributed by atoms with E-state index in [0.29, 0.717) is 4.90 Å². The minimum atomic E-state index is -3.19. The molecule has 0 saturated carbocycles. The Morgan fingerprint density at radius 3 is 2.57 bits per heavy atom. The fourth-order valence-electron chi connectivity index (χ4n) is 0.882. The fraction of sp³-hybridized carbons (Fsp3) is 0.111. The Balaban J connectivity index is 2.91. The molecule has 14 heavy (non-hydrogen) atoms. The monoisotopic (exact) mass is 214 g/mol. The van der Waals surface area contributed by atoms with Gasteiger partial charge in [0.1, 0.15) is 16.4 Å². The number of carbonyl (C=O) groups is 1. The van der Waals surface area contributed by atoms with Crippen molar-refractivity contribution in [3.8, 4) is 0 Å². The molecular formula is C9H10O4S. The Labute approximate surface area is 82.4 Å². The third-order valence-corrected chi connectivity index (χ3v) is 3.07. The van der Waals surface area contributed by atoms with E-state index < -0.39 is 9.80 Å². The molecule has 0 aliphatic carbocycles. The van der Waals surface area contributed by atoms with Crippen LogP contribution in [-0.4, -0.2) is 27.2 Å². The molecule has 0 saturated heterocycles. The smallest absolute Gasteiger partial charge is 0.293 e. The first-order chi connectivity index (χ1) is 6.67. The minimum Gasteiger partial charge on any atom is -0.463 e. The molecule has 1 rings (SSSR count). The van der Waals surface area contributed by atoms with Crippen LogP contribution in [0.3, 0.4) is 0 Å². The van der Waals surface area contributed by atoms with Crippen molar-refractivity contribution in [3.63, 3.8) is 0 Å². The van der Waals surface area contributed by atoms with E-state index in [0.717, 1.165) is 5.37 Å². The maximum absolute atomic E-state index is 11.6. The second-order valence-corrected chi connectivity index (χ2v) is 4.42. The highest BCUT2D eigenvalue weighted by Crippen LogP contribution is 2.07. The molecule has 0 heterocycles. The van der Waals surface area contributed by atoms with Crippen molar-refractivity contribution in [1.82, 2.24) is 0 Å². The lowest BCUT2D eigenvalue weighted by atomic mass is 10.4. The lowest BCUT2D eigenvalue weighted by Crippen LogP contribution is -2.07. The number of rotatable bonds is 4. The average molecular weight is 214 g/mol. The highest BCUT2D eigenvalue weighted by Gasteiger charge is 2.03. The third-order valence-electron chi connectivity index (χ3n) is 1.54. The van der Waals surface area contributed by atoms with Crippen LogP contribution in [-0.2, 0) is 19.3 Å². The zero-order chi connectivity index (χ0) is 10.4. The molecule has 1 N–H and O–H groups in total. The average Bonchev–Trinajstić information content (AvgIpc) is 2.19. The topological polar surface area (TPSA) is 63.6 Å². The molecule has 0 spiro atoms. The Kier molecular flexibility index (Phi) is 3.67. The van der Waals surface area contributed by atoms with E-state index >= 15 is 0 Å². The van der Waals surface area contributed by atoms with Gasteiger partial charge in [-0.1, -0.05) is 18.2 Å². The molecule has 76 valence electrons. The molecule has 0 aliphatic heterocycles. The van der Waals surface area contributed by atoms with Gasteiger partial charge < -0.3 is 9.29 Å². The van der Waals surface area contributed by atoms with Crippen LogP contribution in [0.5, 0.6) is 0 Å².